The molecule has 2 aliphatic heterocycles. The van der Waals surface area contributed by atoms with Gasteiger partial charge < -0.3 is 14.2 Å². The van der Waals surface area contributed by atoms with Gasteiger partial charge in [-0.05, 0) is 60.0 Å². The summed E-state index contributed by atoms with van der Waals surface area (Å²) in [5.74, 6) is 1.63. The topological polar surface area (TPSA) is 95.1 Å². The summed E-state index contributed by atoms with van der Waals surface area (Å²) in [6, 6.07) is 12.9. The highest BCUT2D eigenvalue weighted by molar-refractivity contribution is 7.99. The van der Waals surface area contributed by atoms with Crippen LogP contribution in [0.3, 0.4) is 0 Å². The number of ether oxygens (including phenoxy) is 1. The molecule has 1 aromatic carbocycles. The lowest BCUT2D eigenvalue weighted by Crippen LogP contribution is -2.49. The molecular weight excluding hydrogens is 428 g/mol. The van der Waals surface area contributed by atoms with E-state index in [4.69, 9.17) is 4.74 Å². The van der Waals surface area contributed by atoms with E-state index in [9.17, 15) is 9.59 Å². The molecule has 10 heteroatoms. The number of carbonyl (C=O) groups is 1. The van der Waals surface area contributed by atoms with Crippen molar-refractivity contribution in [2.24, 2.45) is 5.92 Å². The molecular formula is C22H24N6O3S. The number of rotatable bonds is 6. The summed E-state index contributed by atoms with van der Waals surface area (Å²) in [6.07, 6.45) is 1.02. The molecule has 2 unspecified atom stereocenters. The first-order valence-corrected chi connectivity index (χ1v) is 11.7. The fourth-order valence-electron chi connectivity index (χ4n) is 4.60. The van der Waals surface area contributed by atoms with Crippen molar-refractivity contribution in [2.75, 3.05) is 25.4 Å². The minimum Gasteiger partial charge on any atom is -0.494 e. The van der Waals surface area contributed by atoms with Gasteiger partial charge in [0.2, 0.25) is 11.1 Å². The molecule has 0 spiro atoms. The number of benzene rings is 1. The lowest BCUT2D eigenvalue weighted by molar-refractivity contribution is -0.131. The molecule has 0 saturated carbocycles. The molecule has 2 aromatic heterocycles. The molecule has 3 aromatic rings. The van der Waals surface area contributed by atoms with Crippen molar-refractivity contribution in [1.82, 2.24) is 29.7 Å². The maximum absolute atomic E-state index is 13.0. The average Bonchev–Trinajstić information content (AvgIpc) is 3.27. The summed E-state index contributed by atoms with van der Waals surface area (Å²) in [5, 5.41) is 12.5. The van der Waals surface area contributed by atoms with Crippen LogP contribution in [-0.4, -0.2) is 61.0 Å². The molecule has 2 atom stereocenters. The van der Waals surface area contributed by atoms with E-state index >= 15 is 0 Å². The van der Waals surface area contributed by atoms with E-state index in [2.05, 4.69) is 15.5 Å². The Hall–Kier alpha value is -3.14. The summed E-state index contributed by atoms with van der Waals surface area (Å²) in [7, 11) is 0. The molecule has 2 aliphatic rings. The van der Waals surface area contributed by atoms with Gasteiger partial charge in [-0.25, -0.2) is 0 Å². The normalized spacial score (nSPS) is 19.5. The van der Waals surface area contributed by atoms with Gasteiger partial charge in [-0.3, -0.25) is 9.59 Å². The van der Waals surface area contributed by atoms with Crippen molar-refractivity contribution in [3.05, 3.63) is 58.5 Å². The number of fused-ring (bicyclic) bond motifs is 4. The zero-order valence-electron chi connectivity index (χ0n) is 17.8. The van der Waals surface area contributed by atoms with Crippen LogP contribution in [-0.2, 0) is 11.3 Å². The number of piperidine rings is 1. The third kappa shape index (κ3) is 4.02. The number of nitrogens with zero attached hydrogens (tertiary/aromatic N) is 6. The molecule has 2 bridgehead atoms. The van der Waals surface area contributed by atoms with Crippen molar-refractivity contribution < 1.29 is 9.53 Å². The number of pyridine rings is 1. The van der Waals surface area contributed by atoms with Crippen LogP contribution in [0.25, 0.3) is 5.69 Å². The number of carbonyl (C=O) groups excluding carboxylic acids is 1. The van der Waals surface area contributed by atoms with E-state index in [-0.39, 0.29) is 23.1 Å². The van der Waals surface area contributed by atoms with Gasteiger partial charge in [0, 0.05) is 37.3 Å². The first kappa shape index (κ1) is 20.7. The lowest BCUT2D eigenvalue weighted by Gasteiger charge is -2.42. The lowest BCUT2D eigenvalue weighted by atomic mass is 9.83. The van der Waals surface area contributed by atoms with Crippen molar-refractivity contribution in [2.45, 2.75) is 31.0 Å². The summed E-state index contributed by atoms with van der Waals surface area (Å²) in [6.45, 7) is 4.55. The minimum absolute atomic E-state index is 0.0497. The fourth-order valence-corrected chi connectivity index (χ4v) is 5.39. The fraction of sp³-hybridized carbons (Fsp3) is 0.409. The Bertz CT molecular complexity index is 1170. The molecule has 4 heterocycles. The van der Waals surface area contributed by atoms with E-state index < -0.39 is 0 Å². The standard InChI is InChI=1S/C22H24N6O3S/c1-2-31-18-8-6-17(7-9-18)28-22(23-24-25-28)32-14-21(30)26-11-15-10-16(13-26)19-4-3-5-20(29)27(19)12-15/h3-9,15-16H,2,10-14H2,1H3. The second kappa shape index (κ2) is 8.78. The van der Waals surface area contributed by atoms with E-state index in [1.807, 2.05) is 52.8 Å². The number of likely N-dealkylation sites (tertiary alicyclic amines) is 1. The Labute approximate surface area is 189 Å². The predicted octanol–water partition coefficient (Wildman–Crippen LogP) is 1.96. The highest BCUT2D eigenvalue weighted by Crippen LogP contribution is 2.35. The van der Waals surface area contributed by atoms with E-state index in [1.54, 1.807) is 10.7 Å². The van der Waals surface area contributed by atoms with Gasteiger partial charge in [0.15, 0.2) is 0 Å². The third-order valence-corrected chi connectivity index (χ3v) is 6.89. The first-order valence-electron chi connectivity index (χ1n) is 10.7. The van der Waals surface area contributed by atoms with Crippen molar-refractivity contribution in [1.29, 1.82) is 0 Å². The Kier molecular flexibility index (Phi) is 5.69. The van der Waals surface area contributed by atoms with Gasteiger partial charge in [0.1, 0.15) is 5.75 Å². The predicted molar refractivity (Wildman–Crippen MR) is 119 cm³/mol. The molecule has 5 rings (SSSR count). The van der Waals surface area contributed by atoms with Crippen LogP contribution in [0.4, 0.5) is 0 Å². The second-order valence-corrected chi connectivity index (χ2v) is 9.03. The number of tetrazole rings is 1. The van der Waals surface area contributed by atoms with Crippen molar-refractivity contribution in [3.63, 3.8) is 0 Å². The zero-order chi connectivity index (χ0) is 22.1. The highest BCUT2D eigenvalue weighted by Gasteiger charge is 2.36. The molecule has 0 aliphatic carbocycles. The third-order valence-electron chi connectivity index (χ3n) is 5.99. The maximum Gasteiger partial charge on any atom is 0.250 e. The molecule has 0 N–H and O–H groups in total. The maximum atomic E-state index is 13.0. The zero-order valence-corrected chi connectivity index (χ0v) is 18.6. The van der Waals surface area contributed by atoms with Gasteiger partial charge in [-0.15, -0.1) is 5.10 Å². The smallest absolute Gasteiger partial charge is 0.250 e. The number of amides is 1. The molecule has 1 saturated heterocycles. The Morgan fingerprint density at radius 1 is 1.16 bits per heavy atom. The second-order valence-electron chi connectivity index (χ2n) is 8.09. The van der Waals surface area contributed by atoms with Crippen molar-refractivity contribution >= 4 is 17.7 Å². The van der Waals surface area contributed by atoms with Crippen LogP contribution in [0.5, 0.6) is 5.75 Å². The summed E-state index contributed by atoms with van der Waals surface area (Å²) >= 11 is 1.33. The molecule has 1 amide bonds. The van der Waals surface area contributed by atoms with Gasteiger partial charge in [0.25, 0.3) is 5.56 Å². The molecule has 0 radical (unpaired) electrons. The summed E-state index contributed by atoms with van der Waals surface area (Å²) in [4.78, 5) is 27.1. The van der Waals surface area contributed by atoms with Crippen LogP contribution in [0.15, 0.2) is 52.4 Å². The number of aromatic nitrogens is 5. The minimum atomic E-state index is 0.0497. The number of hydrogen-bond donors (Lipinski definition) is 0. The van der Waals surface area contributed by atoms with Gasteiger partial charge in [-0.2, -0.15) is 4.68 Å². The summed E-state index contributed by atoms with van der Waals surface area (Å²) in [5.41, 5.74) is 1.90. The SMILES string of the molecule is CCOc1ccc(-n2nnnc2SCC(=O)N2CC3CC(C2)c2cccc(=O)n2C3)cc1. The quantitative estimate of drug-likeness (QED) is 0.528. The van der Waals surface area contributed by atoms with Crippen LogP contribution in [0.1, 0.15) is 25.0 Å². The largest absolute Gasteiger partial charge is 0.494 e. The van der Waals surface area contributed by atoms with Crippen molar-refractivity contribution in [3.8, 4) is 11.4 Å². The van der Waals surface area contributed by atoms with Gasteiger partial charge in [0.05, 0.1) is 18.0 Å². The molecule has 9 nitrogen and oxygen atoms in total. The molecule has 32 heavy (non-hydrogen) atoms. The number of thioether (sulfide) groups is 1. The van der Waals surface area contributed by atoms with E-state index in [0.717, 1.165) is 23.6 Å². The molecule has 1 fully saturated rings. The van der Waals surface area contributed by atoms with Gasteiger partial charge in [-0.1, -0.05) is 17.8 Å². The van der Waals surface area contributed by atoms with E-state index in [1.165, 1.54) is 11.8 Å². The summed E-state index contributed by atoms with van der Waals surface area (Å²) < 4.78 is 8.98. The van der Waals surface area contributed by atoms with E-state index in [0.29, 0.717) is 37.3 Å². The Morgan fingerprint density at radius 3 is 2.81 bits per heavy atom. The van der Waals surface area contributed by atoms with Gasteiger partial charge >= 0.3 is 0 Å². The molecule has 166 valence electrons. The van der Waals surface area contributed by atoms with Crippen LogP contribution < -0.4 is 10.3 Å². The van der Waals surface area contributed by atoms with Crippen LogP contribution >= 0.6 is 11.8 Å². The monoisotopic (exact) mass is 452 g/mol. The average molecular weight is 453 g/mol. The Balaban J connectivity index is 1.25. The van der Waals surface area contributed by atoms with Crippen LogP contribution in [0.2, 0.25) is 0 Å². The Morgan fingerprint density at radius 2 is 2.00 bits per heavy atom. The first-order chi connectivity index (χ1) is 15.6. The van der Waals surface area contributed by atoms with Crippen LogP contribution in [0, 0.1) is 5.92 Å². The highest BCUT2D eigenvalue weighted by atomic mass is 32.2. The number of hydrogen-bond acceptors (Lipinski definition) is 7.